The van der Waals surface area contributed by atoms with Crippen LogP contribution in [0.4, 0.5) is 0 Å². The number of pyridine rings is 1. The Morgan fingerprint density at radius 3 is 2.79 bits per heavy atom. The molecule has 1 aliphatic carbocycles. The minimum absolute atomic E-state index is 0.0469. The number of rotatable bonds is 7. The highest BCUT2D eigenvalue weighted by atomic mass is 16.5. The van der Waals surface area contributed by atoms with E-state index in [1.807, 2.05) is 25.1 Å². The first-order chi connectivity index (χ1) is 14.1. The highest BCUT2D eigenvalue weighted by Crippen LogP contribution is 2.59. The summed E-state index contributed by atoms with van der Waals surface area (Å²) < 4.78 is 12.2. The molecule has 4 heteroatoms. The van der Waals surface area contributed by atoms with Gasteiger partial charge in [-0.15, -0.1) is 6.58 Å². The Kier molecular flexibility index (Phi) is 5.27. The van der Waals surface area contributed by atoms with Gasteiger partial charge in [0.25, 0.3) is 0 Å². The maximum Gasteiger partial charge on any atom is 0.162 e. The standard InChI is InChI=1S/C25H27NO3/c1-4-18(5-2)21(27)10-8-19-7-9-20(16-26-19)29-22-11-6-17(3)24-23(22)25(12-13-25)14-15-28-24/h4,6-11,16,18H,1,5,12-15H2,2-3H3/b10-8+/t18-/m1/s1. The monoisotopic (exact) mass is 389 g/mol. The summed E-state index contributed by atoms with van der Waals surface area (Å²) in [5.41, 5.74) is 3.32. The van der Waals surface area contributed by atoms with Gasteiger partial charge in [-0.3, -0.25) is 9.78 Å². The molecule has 1 aromatic carbocycles. The minimum atomic E-state index is -0.140. The fourth-order valence-corrected chi connectivity index (χ4v) is 4.02. The van der Waals surface area contributed by atoms with Gasteiger partial charge in [-0.2, -0.15) is 0 Å². The quantitative estimate of drug-likeness (QED) is 0.444. The highest BCUT2D eigenvalue weighted by molar-refractivity contribution is 5.96. The van der Waals surface area contributed by atoms with Crippen molar-refractivity contribution in [2.24, 2.45) is 5.92 Å². The molecular weight excluding hydrogens is 362 g/mol. The zero-order valence-corrected chi connectivity index (χ0v) is 17.1. The van der Waals surface area contributed by atoms with E-state index in [-0.39, 0.29) is 17.1 Å². The molecular formula is C25H27NO3. The first-order valence-corrected chi connectivity index (χ1v) is 10.3. The maximum atomic E-state index is 12.1. The van der Waals surface area contributed by atoms with E-state index in [1.54, 1.807) is 24.4 Å². The number of fused-ring (bicyclic) bond motifs is 2. The number of ether oxygens (including phenoxy) is 2. The topological polar surface area (TPSA) is 48.4 Å². The molecule has 0 amide bonds. The van der Waals surface area contributed by atoms with Crippen LogP contribution in [0.3, 0.4) is 0 Å². The molecule has 29 heavy (non-hydrogen) atoms. The fraction of sp³-hybridized carbons (Fsp3) is 0.360. The van der Waals surface area contributed by atoms with Crippen LogP contribution in [0.15, 0.2) is 49.2 Å². The Morgan fingerprint density at radius 2 is 2.14 bits per heavy atom. The lowest BCUT2D eigenvalue weighted by molar-refractivity contribution is -0.116. The van der Waals surface area contributed by atoms with Crippen molar-refractivity contribution in [3.8, 4) is 17.2 Å². The summed E-state index contributed by atoms with van der Waals surface area (Å²) in [5.74, 6) is 2.44. The van der Waals surface area contributed by atoms with Gasteiger partial charge in [-0.1, -0.05) is 19.1 Å². The van der Waals surface area contributed by atoms with E-state index in [1.165, 1.54) is 18.4 Å². The fourth-order valence-electron chi connectivity index (χ4n) is 4.02. The Labute approximate surface area is 172 Å². The summed E-state index contributed by atoms with van der Waals surface area (Å²) in [6.45, 7) is 8.56. The molecule has 0 saturated heterocycles. The minimum Gasteiger partial charge on any atom is -0.493 e. The zero-order valence-electron chi connectivity index (χ0n) is 17.1. The number of hydrogen-bond donors (Lipinski definition) is 0. The number of carbonyl (C=O) groups excluding carboxylic acids is 1. The number of nitrogens with zero attached hydrogens (tertiary/aromatic N) is 1. The van der Waals surface area contributed by atoms with Crippen LogP contribution in [-0.4, -0.2) is 17.4 Å². The average molecular weight is 389 g/mol. The lowest BCUT2D eigenvalue weighted by Crippen LogP contribution is -2.21. The van der Waals surface area contributed by atoms with Gasteiger partial charge in [0.15, 0.2) is 5.78 Å². The van der Waals surface area contributed by atoms with E-state index < -0.39 is 0 Å². The summed E-state index contributed by atoms with van der Waals surface area (Å²) in [5, 5.41) is 0. The van der Waals surface area contributed by atoms with Crippen molar-refractivity contribution in [1.29, 1.82) is 0 Å². The third kappa shape index (κ3) is 3.84. The van der Waals surface area contributed by atoms with E-state index >= 15 is 0 Å². The smallest absolute Gasteiger partial charge is 0.162 e. The van der Waals surface area contributed by atoms with Crippen LogP contribution < -0.4 is 9.47 Å². The zero-order chi connectivity index (χ0) is 20.4. The molecule has 1 spiro atoms. The number of hydrogen-bond acceptors (Lipinski definition) is 4. The molecule has 4 nitrogen and oxygen atoms in total. The molecule has 4 rings (SSSR count). The SMILES string of the molecule is C=C[C@H](CC)C(=O)/C=C/c1ccc(Oc2ccc(C)c3c2C2(CCO3)CC2)cn1. The van der Waals surface area contributed by atoms with Crippen molar-refractivity contribution in [2.45, 2.75) is 44.9 Å². The van der Waals surface area contributed by atoms with Crippen LogP contribution in [0, 0.1) is 12.8 Å². The summed E-state index contributed by atoms with van der Waals surface area (Å²) >= 11 is 0. The number of aromatic nitrogens is 1. The molecule has 0 radical (unpaired) electrons. The predicted octanol–water partition coefficient (Wildman–Crippen LogP) is 5.79. The van der Waals surface area contributed by atoms with Crippen molar-refractivity contribution < 1.29 is 14.3 Å². The van der Waals surface area contributed by atoms with Crippen molar-refractivity contribution in [1.82, 2.24) is 4.98 Å². The van der Waals surface area contributed by atoms with Gasteiger partial charge in [0.1, 0.15) is 17.2 Å². The lowest BCUT2D eigenvalue weighted by atomic mass is 9.87. The molecule has 1 saturated carbocycles. The average Bonchev–Trinajstić information content (AvgIpc) is 3.50. The molecule has 1 aliphatic heterocycles. The molecule has 0 N–H and O–H groups in total. The number of aryl methyl sites for hydroxylation is 1. The van der Waals surface area contributed by atoms with Gasteiger partial charge in [0, 0.05) is 16.9 Å². The van der Waals surface area contributed by atoms with Crippen LogP contribution in [0.25, 0.3) is 6.08 Å². The normalized spacial score (nSPS) is 17.4. The van der Waals surface area contributed by atoms with E-state index in [2.05, 4.69) is 24.6 Å². The third-order valence-corrected chi connectivity index (χ3v) is 6.02. The molecule has 1 atom stereocenters. The molecule has 0 unspecified atom stereocenters. The first kappa shape index (κ1) is 19.4. The Balaban J connectivity index is 1.52. The summed E-state index contributed by atoms with van der Waals surface area (Å²) in [4.78, 5) is 16.5. The second-order valence-electron chi connectivity index (χ2n) is 7.97. The van der Waals surface area contributed by atoms with Crippen molar-refractivity contribution >= 4 is 11.9 Å². The second-order valence-corrected chi connectivity index (χ2v) is 7.97. The van der Waals surface area contributed by atoms with E-state index in [9.17, 15) is 4.79 Å². The van der Waals surface area contributed by atoms with Crippen LogP contribution in [-0.2, 0) is 10.2 Å². The Morgan fingerprint density at radius 1 is 1.31 bits per heavy atom. The van der Waals surface area contributed by atoms with Crippen LogP contribution in [0.2, 0.25) is 0 Å². The van der Waals surface area contributed by atoms with Crippen LogP contribution in [0.5, 0.6) is 17.2 Å². The van der Waals surface area contributed by atoms with Crippen molar-refractivity contribution in [3.05, 3.63) is 66.0 Å². The van der Waals surface area contributed by atoms with Gasteiger partial charge in [-0.05, 0) is 68.5 Å². The van der Waals surface area contributed by atoms with Gasteiger partial charge < -0.3 is 9.47 Å². The van der Waals surface area contributed by atoms with Crippen molar-refractivity contribution in [3.63, 3.8) is 0 Å². The van der Waals surface area contributed by atoms with Crippen LogP contribution in [0.1, 0.15) is 49.4 Å². The molecule has 2 aliphatic rings. The van der Waals surface area contributed by atoms with E-state index in [0.29, 0.717) is 5.75 Å². The molecule has 1 aromatic heterocycles. The van der Waals surface area contributed by atoms with Gasteiger partial charge in [0.2, 0.25) is 0 Å². The Bertz CT molecular complexity index is 955. The summed E-state index contributed by atoms with van der Waals surface area (Å²) in [7, 11) is 0. The number of ketones is 1. The molecule has 0 bridgehead atoms. The van der Waals surface area contributed by atoms with Crippen molar-refractivity contribution in [2.75, 3.05) is 6.61 Å². The largest absolute Gasteiger partial charge is 0.493 e. The van der Waals surface area contributed by atoms with E-state index in [0.717, 1.165) is 42.2 Å². The Hall–Kier alpha value is -2.88. The maximum absolute atomic E-state index is 12.1. The van der Waals surface area contributed by atoms with Gasteiger partial charge in [-0.25, -0.2) is 0 Å². The van der Waals surface area contributed by atoms with E-state index in [4.69, 9.17) is 9.47 Å². The number of carbonyl (C=O) groups is 1. The summed E-state index contributed by atoms with van der Waals surface area (Å²) in [6.07, 6.45) is 10.9. The number of benzene rings is 1. The second kappa shape index (κ2) is 7.86. The molecule has 2 heterocycles. The summed E-state index contributed by atoms with van der Waals surface area (Å²) in [6, 6.07) is 7.83. The molecule has 150 valence electrons. The number of allylic oxidation sites excluding steroid dienone is 2. The molecule has 1 fully saturated rings. The van der Waals surface area contributed by atoms with Crippen LogP contribution >= 0.6 is 0 Å². The predicted molar refractivity (Wildman–Crippen MR) is 115 cm³/mol. The highest BCUT2D eigenvalue weighted by Gasteiger charge is 2.50. The lowest BCUT2D eigenvalue weighted by Gasteiger charge is -2.29. The first-order valence-electron chi connectivity index (χ1n) is 10.3. The van der Waals surface area contributed by atoms with Gasteiger partial charge >= 0.3 is 0 Å². The third-order valence-electron chi connectivity index (χ3n) is 6.02. The molecule has 2 aromatic rings. The van der Waals surface area contributed by atoms with Gasteiger partial charge in [0.05, 0.1) is 18.5 Å².